The highest BCUT2D eigenvalue weighted by atomic mass is 16.4. The number of nitrogens with one attached hydrogen (secondary N) is 1. The first-order valence-electron chi connectivity index (χ1n) is 6.18. The summed E-state index contributed by atoms with van der Waals surface area (Å²) in [6.45, 7) is 4.76. The topological polar surface area (TPSA) is 69.6 Å². The van der Waals surface area contributed by atoms with Gasteiger partial charge >= 0.3 is 5.97 Å². The summed E-state index contributed by atoms with van der Waals surface area (Å²) in [6.07, 6.45) is 0. The van der Waals surface area contributed by atoms with Gasteiger partial charge in [-0.25, -0.2) is 4.79 Å². The number of hydrogen-bond donors (Lipinski definition) is 2. The van der Waals surface area contributed by atoms with E-state index in [0.717, 1.165) is 5.56 Å². The molecule has 19 heavy (non-hydrogen) atoms. The van der Waals surface area contributed by atoms with Crippen molar-refractivity contribution >= 4 is 11.9 Å². The lowest BCUT2D eigenvalue weighted by atomic mass is 10.1. The Hall–Kier alpha value is -1.88. The number of aromatic carboxylic acids is 1. The number of hydrogen-bond acceptors (Lipinski definition) is 3. The minimum absolute atomic E-state index is 0.0142. The number of carboxylic acid groups (broad SMARTS) is 1. The van der Waals surface area contributed by atoms with Gasteiger partial charge in [-0.05, 0) is 38.6 Å². The van der Waals surface area contributed by atoms with E-state index in [2.05, 4.69) is 5.32 Å². The van der Waals surface area contributed by atoms with Gasteiger partial charge in [-0.1, -0.05) is 12.1 Å². The van der Waals surface area contributed by atoms with Gasteiger partial charge in [0.05, 0.1) is 12.1 Å². The molecule has 0 aliphatic heterocycles. The van der Waals surface area contributed by atoms with E-state index < -0.39 is 5.97 Å². The second-order valence-electron chi connectivity index (χ2n) is 4.90. The van der Waals surface area contributed by atoms with Gasteiger partial charge in [-0.15, -0.1) is 0 Å². The van der Waals surface area contributed by atoms with Gasteiger partial charge in [0, 0.05) is 12.6 Å². The molecule has 0 aliphatic carbocycles. The zero-order valence-electron chi connectivity index (χ0n) is 11.5. The van der Waals surface area contributed by atoms with E-state index in [1.165, 1.54) is 0 Å². The maximum Gasteiger partial charge on any atom is 0.335 e. The van der Waals surface area contributed by atoms with E-state index >= 15 is 0 Å². The van der Waals surface area contributed by atoms with E-state index in [0.29, 0.717) is 13.1 Å². The molecule has 1 aromatic rings. The molecule has 0 saturated carbocycles. The Morgan fingerprint density at radius 3 is 2.32 bits per heavy atom. The third-order valence-electron chi connectivity index (χ3n) is 2.52. The predicted octanol–water partition coefficient (Wildman–Crippen LogP) is 1.34. The molecule has 1 rings (SSSR count). The summed E-state index contributed by atoms with van der Waals surface area (Å²) in [7, 11) is 1.85. The van der Waals surface area contributed by atoms with Gasteiger partial charge in [0.2, 0.25) is 5.91 Å². The normalized spacial score (nSPS) is 10.8. The van der Waals surface area contributed by atoms with Gasteiger partial charge in [0.15, 0.2) is 0 Å². The van der Waals surface area contributed by atoms with Crippen LogP contribution in [0.15, 0.2) is 24.3 Å². The SMILES string of the molecule is CC(C)NC(=O)CN(C)Cc1ccc(C(=O)O)cc1. The van der Waals surface area contributed by atoms with Crippen LogP contribution in [0.5, 0.6) is 0 Å². The molecule has 104 valence electrons. The maximum atomic E-state index is 11.6. The van der Waals surface area contributed by atoms with Crippen LogP contribution in [0, 0.1) is 0 Å². The fourth-order valence-electron chi connectivity index (χ4n) is 1.73. The molecule has 5 heteroatoms. The molecule has 0 heterocycles. The van der Waals surface area contributed by atoms with Crippen molar-refractivity contribution in [2.45, 2.75) is 26.4 Å². The van der Waals surface area contributed by atoms with Crippen LogP contribution in [-0.2, 0) is 11.3 Å². The molecule has 2 N–H and O–H groups in total. The summed E-state index contributed by atoms with van der Waals surface area (Å²) in [6, 6.07) is 6.80. The van der Waals surface area contributed by atoms with Crippen molar-refractivity contribution in [3.05, 3.63) is 35.4 Å². The van der Waals surface area contributed by atoms with Crippen molar-refractivity contribution in [1.82, 2.24) is 10.2 Å². The van der Waals surface area contributed by atoms with Crippen molar-refractivity contribution in [2.24, 2.45) is 0 Å². The van der Waals surface area contributed by atoms with Crippen molar-refractivity contribution < 1.29 is 14.7 Å². The van der Waals surface area contributed by atoms with Gasteiger partial charge in [0.1, 0.15) is 0 Å². The molecule has 1 amide bonds. The molecule has 0 aliphatic rings. The standard InChI is InChI=1S/C14H20N2O3/c1-10(2)15-13(17)9-16(3)8-11-4-6-12(7-5-11)14(18)19/h4-7,10H,8-9H2,1-3H3,(H,15,17)(H,18,19). The summed E-state index contributed by atoms with van der Waals surface area (Å²) in [4.78, 5) is 24.2. The molecule has 0 saturated heterocycles. The molecule has 0 radical (unpaired) electrons. The third-order valence-corrected chi connectivity index (χ3v) is 2.52. The molecule has 0 bridgehead atoms. The average molecular weight is 264 g/mol. The van der Waals surface area contributed by atoms with E-state index in [-0.39, 0.29) is 17.5 Å². The van der Waals surface area contributed by atoms with Crippen molar-refractivity contribution in [2.75, 3.05) is 13.6 Å². The lowest BCUT2D eigenvalue weighted by molar-refractivity contribution is -0.122. The second kappa shape index (κ2) is 6.89. The highest BCUT2D eigenvalue weighted by Gasteiger charge is 2.08. The Labute approximate surface area is 113 Å². The highest BCUT2D eigenvalue weighted by Crippen LogP contribution is 2.06. The predicted molar refractivity (Wildman–Crippen MR) is 73.0 cm³/mol. The number of carboxylic acids is 1. The number of nitrogens with zero attached hydrogens (tertiary/aromatic N) is 1. The summed E-state index contributed by atoms with van der Waals surface area (Å²) < 4.78 is 0. The fourth-order valence-corrected chi connectivity index (χ4v) is 1.73. The van der Waals surface area contributed by atoms with Crippen LogP contribution in [0.25, 0.3) is 0 Å². The molecule has 0 aromatic heterocycles. The molecule has 0 fully saturated rings. The van der Waals surface area contributed by atoms with Crippen LogP contribution in [0.4, 0.5) is 0 Å². The zero-order chi connectivity index (χ0) is 14.4. The molecule has 0 spiro atoms. The first-order valence-corrected chi connectivity index (χ1v) is 6.18. The number of amides is 1. The van der Waals surface area contributed by atoms with Crippen LogP contribution in [-0.4, -0.2) is 41.5 Å². The Bertz CT molecular complexity index is 441. The van der Waals surface area contributed by atoms with E-state index in [9.17, 15) is 9.59 Å². The molecule has 1 aromatic carbocycles. The largest absolute Gasteiger partial charge is 0.478 e. The smallest absolute Gasteiger partial charge is 0.335 e. The maximum absolute atomic E-state index is 11.6. The summed E-state index contributed by atoms with van der Waals surface area (Å²) in [5.41, 5.74) is 1.24. The van der Waals surface area contributed by atoms with Gasteiger partial charge in [0.25, 0.3) is 0 Å². The monoisotopic (exact) mass is 264 g/mol. The molecule has 0 unspecified atom stereocenters. The van der Waals surface area contributed by atoms with Crippen LogP contribution in [0.1, 0.15) is 29.8 Å². The summed E-state index contributed by atoms with van der Waals surface area (Å²) in [5.74, 6) is -0.948. The molecular weight excluding hydrogens is 244 g/mol. The average Bonchev–Trinajstić information content (AvgIpc) is 2.27. The highest BCUT2D eigenvalue weighted by molar-refractivity contribution is 5.87. The van der Waals surface area contributed by atoms with Crippen LogP contribution in [0.3, 0.4) is 0 Å². The van der Waals surface area contributed by atoms with Gasteiger partial charge < -0.3 is 10.4 Å². The Morgan fingerprint density at radius 1 is 1.26 bits per heavy atom. The zero-order valence-corrected chi connectivity index (χ0v) is 11.5. The molecule has 0 atom stereocenters. The summed E-state index contributed by atoms with van der Waals surface area (Å²) in [5, 5.41) is 11.6. The van der Waals surface area contributed by atoms with Crippen LogP contribution < -0.4 is 5.32 Å². The van der Waals surface area contributed by atoms with Crippen molar-refractivity contribution in [3.63, 3.8) is 0 Å². The number of rotatable bonds is 6. The van der Waals surface area contributed by atoms with Crippen LogP contribution in [0.2, 0.25) is 0 Å². The van der Waals surface area contributed by atoms with E-state index in [1.807, 2.05) is 25.8 Å². The lowest BCUT2D eigenvalue weighted by Crippen LogP contribution is -2.38. The second-order valence-corrected chi connectivity index (χ2v) is 4.90. The Kier molecular flexibility index (Phi) is 5.51. The minimum Gasteiger partial charge on any atom is -0.478 e. The molecular formula is C14H20N2O3. The number of carbonyl (C=O) groups excluding carboxylic acids is 1. The Balaban J connectivity index is 2.50. The number of likely N-dealkylation sites (N-methyl/N-ethyl adjacent to an activating group) is 1. The third kappa shape index (κ3) is 5.52. The minimum atomic E-state index is -0.934. The first kappa shape index (κ1) is 15.2. The van der Waals surface area contributed by atoms with E-state index in [1.54, 1.807) is 24.3 Å². The van der Waals surface area contributed by atoms with Gasteiger partial charge in [-0.2, -0.15) is 0 Å². The van der Waals surface area contributed by atoms with Crippen molar-refractivity contribution in [1.29, 1.82) is 0 Å². The number of benzene rings is 1. The summed E-state index contributed by atoms with van der Waals surface area (Å²) >= 11 is 0. The van der Waals surface area contributed by atoms with Crippen LogP contribution >= 0.6 is 0 Å². The quantitative estimate of drug-likeness (QED) is 0.813. The molecule has 5 nitrogen and oxygen atoms in total. The Morgan fingerprint density at radius 2 is 1.84 bits per heavy atom. The first-order chi connectivity index (χ1) is 8.88. The van der Waals surface area contributed by atoms with E-state index in [4.69, 9.17) is 5.11 Å². The number of carbonyl (C=O) groups is 2. The fraction of sp³-hybridized carbons (Fsp3) is 0.429. The van der Waals surface area contributed by atoms with Crippen molar-refractivity contribution in [3.8, 4) is 0 Å². The van der Waals surface area contributed by atoms with Gasteiger partial charge in [-0.3, -0.25) is 9.69 Å². The lowest BCUT2D eigenvalue weighted by Gasteiger charge is -2.17.